The first-order valence-electron chi connectivity index (χ1n) is 6.47. The third-order valence-electron chi connectivity index (χ3n) is 3.15. The smallest absolute Gasteiger partial charge is 0.244 e. The number of aryl methyl sites for hydroxylation is 1. The van der Waals surface area contributed by atoms with Gasteiger partial charge in [0.2, 0.25) is 5.91 Å². The highest BCUT2D eigenvalue weighted by Gasteiger charge is 2.21. The van der Waals surface area contributed by atoms with Crippen LogP contribution < -0.4 is 15.8 Å². The number of carbonyl (C=O) groups excluding carboxylic acids is 1. The van der Waals surface area contributed by atoms with Gasteiger partial charge in [-0.05, 0) is 37.3 Å². The van der Waals surface area contributed by atoms with E-state index in [1.807, 2.05) is 6.92 Å². The molecule has 110 valence electrons. The van der Waals surface area contributed by atoms with Gasteiger partial charge in [0.25, 0.3) is 0 Å². The summed E-state index contributed by atoms with van der Waals surface area (Å²) in [6.07, 6.45) is 0. The Morgan fingerprint density at radius 3 is 2.48 bits per heavy atom. The molecule has 2 aromatic carbocycles. The van der Waals surface area contributed by atoms with E-state index in [-0.39, 0.29) is 5.56 Å². The quantitative estimate of drug-likeness (QED) is 0.889. The van der Waals surface area contributed by atoms with Crippen LogP contribution in [0.15, 0.2) is 42.5 Å². The van der Waals surface area contributed by atoms with E-state index in [0.29, 0.717) is 11.4 Å². The third kappa shape index (κ3) is 3.51. The summed E-state index contributed by atoms with van der Waals surface area (Å²) < 4.78 is 19.0. The van der Waals surface area contributed by atoms with Gasteiger partial charge in [-0.25, -0.2) is 4.39 Å². The maximum Gasteiger partial charge on any atom is 0.244 e. The number of amides is 1. The van der Waals surface area contributed by atoms with Crippen molar-refractivity contribution < 1.29 is 13.9 Å². The molecule has 3 N–H and O–H groups in total. The Labute approximate surface area is 122 Å². The molecule has 0 aliphatic rings. The number of primary amides is 1. The Morgan fingerprint density at radius 2 is 1.90 bits per heavy atom. The molecule has 1 amide bonds. The molecular weight excluding hydrogens is 271 g/mol. The number of anilines is 1. The average Bonchev–Trinajstić information content (AvgIpc) is 2.48. The molecule has 4 nitrogen and oxygen atoms in total. The zero-order chi connectivity index (χ0) is 15.4. The molecule has 2 rings (SSSR count). The lowest BCUT2D eigenvalue weighted by atomic mass is 10.0. The van der Waals surface area contributed by atoms with Gasteiger partial charge in [-0.15, -0.1) is 0 Å². The van der Waals surface area contributed by atoms with Crippen molar-refractivity contribution in [1.82, 2.24) is 0 Å². The maximum atomic E-state index is 13.9. The molecule has 0 saturated carbocycles. The zero-order valence-corrected chi connectivity index (χ0v) is 11.9. The summed E-state index contributed by atoms with van der Waals surface area (Å²) in [5.74, 6) is -0.418. The molecule has 0 saturated heterocycles. The number of carbonyl (C=O) groups is 1. The first-order valence-corrected chi connectivity index (χ1v) is 6.47. The second-order valence-electron chi connectivity index (χ2n) is 4.73. The van der Waals surface area contributed by atoms with Crippen LogP contribution >= 0.6 is 0 Å². The predicted molar refractivity (Wildman–Crippen MR) is 79.7 cm³/mol. The molecule has 1 atom stereocenters. The van der Waals surface area contributed by atoms with Crippen molar-refractivity contribution in [2.24, 2.45) is 5.73 Å². The summed E-state index contributed by atoms with van der Waals surface area (Å²) in [5.41, 5.74) is 7.14. The Morgan fingerprint density at radius 1 is 1.24 bits per heavy atom. The van der Waals surface area contributed by atoms with E-state index in [4.69, 9.17) is 10.5 Å². The van der Waals surface area contributed by atoms with E-state index in [1.165, 1.54) is 6.07 Å². The lowest BCUT2D eigenvalue weighted by Crippen LogP contribution is -2.28. The van der Waals surface area contributed by atoms with Gasteiger partial charge in [-0.1, -0.05) is 17.7 Å². The summed E-state index contributed by atoms with van der Waals surface area (Å²) in [4.78, 5) is 11.7. The minimum absolute atomic E-state index is 0.235. The van der Waals surface area contributed by atoms with Crippen molar-refractivity contribution in [1.29, 1.82) is 0 Å². The van der Waals surface area contributed by atoms with E-state index >= 15 is 0 Å². The normalized spacial score (nSPS) is 11.8. The molecule has 1 unspecified atom stereocenters. The number of benzene rings is 2. The van der Waals surface area contributed by atoms with Gasteiger partial charge in [-0.3, -0.25) is 4.79 Å². The van der Waals surface area contributed by atoms with E-state index in [2.05, 4.69) is 5.32 Å². The predicted octanol–water partition coefficient (Wildman–Crippen LogP) is 2.78. The van der Waals surface area contributed by atoms with Crippen molar-refractivity contribution in [3.63, 3.8) is 0 Å². The number of nitrogens with one attached hydrogen (secondary N) is 1. The second-order valence-corrected chi connectivity index (χ2v) is 4.73. The first kappa shape index (κ1) is 14.8. The van der Waals surface area contributed by atoms with Crippen molar-refractivity contribution in [3.05, 3.63) is 59.4 Å². The van der Waals surface area contributed by atoms with Gasteiger partial charge in [-0.2, -0.15) is 0 Å². The molecule has 0 bridgehead atoms. The minimum Gasteiger partial charge on any atom is -0.497 e. The fourth-order valence-corrected chi connectivity index (χ4v) is 2.04. The summed E-state index contributed by atoms with van der Waals surface area (Å²) >= 11 is 0. The highest BCUT2D eigenvalue weighted by atomic mass is 19.1. The molecule has 0 radical (unpaired) electrons. The molecule has 0 aliphatic heterocycles. The molecule has 0 heterocycles. The lowest BCUT2D eigenvalue weighted by Gasteiger charge is -2.18. The molecule has 21 heavy (non-hydrogen) atoms. The number of nitrogens with two attached hydrogens (primary N) is 1. The number of hydrogen-bond donors (Lipinski definition) is 2. The molecule has 0 aromatic heterocycles. The second kappa shape index (κ2) is 6.26. The Kier molecular flexibility index (Phi) is 4.42. The van der Waals surface area contributed by atoms with Gasteiger partial charge in [0.05, 0.1) is 7.11 Å². The number of halogens is 1. The topological polar surface area (TPSA) is 64.3 Å². The largest absolute Gasteiger partial charge is 0.497 e. The highest BCUT2D eigenvalue weighted by molar-refractivity contribution is 5.84. The summed E-state index contributed by atoms with van der Waals surface area (Å²) in [6.45, 7) is 1.83. The number of methoxy groups -OCH3 is 1. The van der Waals surface area contributed by atoms with Gasteiger partial charge in [0.15, 0.2) is 0 Å². The van der Waals surface area contributed by atoms with Crippen LogP contribution in [0.3, 0.4) is 0 Å². The summed E-state index contributed by atoms with van der Waals surface area (Å²) in [5, 5.41) is 2.94. The molecule has 0 spiro atoms. The van der Waals surface area contributed by atoms with Crippen LogP contribution in [0.1, 0.15) is 17.2 Å². The minimum atomic E-state index is -0.932. The van der Waals surface area contributed by atoms with Crippen molar-refractivity contribution >= 4 is 11.6 Å². The van der Waals surface area contributed by atoms with Crippen LogP contribution in [0.25, 0.3) is 0 Å². The molecular formula is C16H17FN2O2. The van der Waals surface area contributed by atoms with Crippen LogP contribution in [-0.2, 0) is 4.79 Å². The SMILES string of the molecule is COc1ccc(NC(C(N)=O)c2cc(C)ccc2F)cc1. The molecule has 5 heteroatoms. The van der Waals surface area contributed by atoms with Crippen LogP contribution in [-0.4, -0.2) is 13.0 Å². The first-order chi connectivity index (χ1) is 10.0. The standard InChI is InChI=1S/C16H17FN2O2/c1-10-3-8-14(17)13(9-10)15(16(18)20)19-11-4-6-12(21-2)7-5-11/h3-9,15,19H,1-2H3,(H2,18,20). The highest BCUT2D eigenvalue weighted by Crippen LogP contribution is 2.24. The van der Waals surface area contributed by atoms with Gasteiger partial charge < -0.3 is 15.8 Å². The van der Waals surface area contributed by atoms with Crippen LogP contribution in [0, 0.1) is 12.7 Å². The zero-order valence-electron chi connectivity index (χ0n) is 11.9. The molecule has 2 aromatic rings. The fourth-order valence-electron chi connectivity index (χ4n) is 2.04. The van der Waals surface area contributed by atoms with Crippen molar-refractivity contribution in [2.45, 2.75) is 13.0 Å². The Balaban J connectivity index is 2.30. The Bertz CT molecular complexity index is 641. The van der Waals surface area contributed by atoms with E-state index in [0.717, 1.165) is 5.56 Å². The monoisotopic (exact) mass is 288 g/mol. The number of hydrogen-bond acceptors (Lipinski definition) is 3. The number of rotatable bonds is 5. The van der Waals surface area contributed by atoms with Crippen LogP contribution in [0.5, 0.6) is 5.75 Å². The van der Waals surface area contributed by atoms with Crippen molar-refractivity contribution in [2.75, 3.05) is 12.4 Å². The fraction of sp³-hybridized carbons (Fsp3) is 0.188. The van der Waals surface area contributed by atoms with Crippen molar-refractivity contribution in [3.8, 4) is 5.75 Å². The summed E-state index contributed by atoms with van der Waals surface area (Å²) in [6, 6.07) is 10.6. The van der Waals surface area contributed by atoms with E-state index in [9.17, 15) is 9.18 Å². The van der Waals surface area contributed by atoms with Gasteiger partial charge >= 0.3 is 0 Å². The van der Waals surface area contributed by atoms with Crippen LogP contribution in [0.4, 0.5) is 10.1 Å². The third-order valence-corrected chi connectivity index (χ3v) is 3.15. The lowest BCUT2D eigenvalue weighted by molar-refractivity contribution is -0.118. The average molecular weight is 288 g/mol. The Hall–Kier alpha value is -2.56. The number of ether oxygens (including phenoxy) is 1. The van der Waals surface area contributed by atoms with Crippen LogP contribution in [0.2, 0.25) is 0 Å². The molecule has 0 fully saturated rings. The summed E-state index contributed by atoms with van der Waals surface area (Å²) in [7, 11) is 1.57. The van der Waals surface area contributed by atoms with E-state index in [1.54, 1.807) is 43.5 Å². The van der Waals surface area contributed by atoms with E-state index < -0.39 is 17.8 Å². The van der Waals surface area contributed by atoms with Gasteiger partial charge in [0, 0.05) is 11.3 Å². The molecule has 0 aliphatic carbocycles. The van der Waals surface area contributed by atoms with Gasteiger partial charge in [0.1, 0.15) is 17.6 Å². The maximum absolute atomic E-state index is 13.9.